The molecule has 1 aromatic carbocycles. The molecule has 37 heavy (non-hydrogen) atoms. The van der Waals surface area contributed by atoms with Crippen LogP contribution < -0.4 is 4.74 Å². The van der Waals surface area contributed by atoms with Crippen molar-refractivity contribution in [2.45, 2.75) is 30.9 Å². The molecule has 4 aromatic rings. The van der Waals surface area contributed by atoms with Crippen LogP contribution >= 0.6 is 0 Å². The highest BCUT2D eigenvalue weighted by Crippen LogP contribution is 2.46. The van der Waals surface area contributed by atoms with E-state index >= 15 is 8.78 Å². The summed E-state index contributed by atoms with van der Waals surface area (Å²) in [5.74, 6) is -6.86. The predicted molar refractivity (Wildman–Crippen MR) is 110 cm³/mol. The molecule has 0 fully saturated rings. The molecule has 0 saturated carbocycles. The standard InChI is InChI=1S/C22H15F7N6O2/c23-15-3-4-16(17(24)7-15)20(36,11-35-12-32-33-34-35)21(25,26)18-5-1-13(8-30-18)10-37-19-6-2-14(9-31-19)22(27,28)29/h1-9,12,36H,10-11H2. The van der Waals surface area contributed by atoms with Gasteiger partial charge in [0.1, 0.15) is 30.3 Å². The van der Waals surface area contributed by atoms with E-state index in [1.54, 1.807) is 0 Å². The van der Waals surface area contributed by atoms with Gasteiger partial charge in [0.05, 0.1) is 12.1 Å². The van der Waals surface area contributed by atoms with Crippen LogP contribution in [-0.2, 0) is 30.9 Å². The lowest BCUT2D eigenvalue weighted by Crippen LogP contribution is -2.48. The van der Waals surface area contributed by atoms with Gasteiger partial charge in [0.25, 0.3) is 0 Å². The first-order valence-corrected chi connectivity index (χ1v) is 10.3. The Morgan fingerprint density at radius 3 is 2.27 bits per heavy atom. The molecule has 194 valence electrons. The van der Waals surface area contributed by atoms with Crippen molar-refractivity contribution in [2.75, 3.05) is 0 Å². The van der Waals surface area contributed by atoms with E-state index in [0.717, 1.165) is 35.4 Å². The van der Waals surface area contributed by atoms with Crippen LogP contribution in [0.2, 0.25) is 0 Å². The van der Waals surface area contributed by atoms with E-state index in [9.17, 15) is 27.1 Å². The summed E-state index contributed by atoms with van der Waals surface area (Å²) in [6, 6.07) is 5.52. The normalized spacial score (nSPS) is 13.8. The zero-order valence-electron chi connectivity index (χ0n) is 18.4. The fraction of sp³-hybridized carbons (Fsp3) is 0.227. The summed E-state index contributed by atoms with van der Waals surface area (Å²) in [5, 5.41) is 21.1. The lowest BCUT2D eigenvalue weighted by atomic mass is 9.84. The Morgan fingerprint density at radius 1 is 0.919 bits per heavy atom. The van der Waals surface area contributed by atoms with Crippen molar-refractivity contribution in [1.82, 2.24) is 30.2 Å². The quantitative estimate of drug-likeness (QED) is 0.345. The number of hydrogen-bond donors (Lipinski definition) is 1. The van der Waals surface area contributed by atoms with E-state index in [2.05, 4.69) is 25.5 Å². The maximum atomic E-state index is 15.7. The summed E-state index contributed by atoms with van der Waals surface area (Å²) in [7, 11) is 0. The number of alkyl halides is 5. The van der Waals surface area contributed by atoms with Crippen LogP contribution in [0.1, 0.15) is 22.4 Å². The Morgan fingerprint density at radius 2 is 1.70 bits per heavy atom. The van der Waals surface area contributed by atoms with Gasteiger partial charge in [-0.25, -0.2) is 18.4 Å². The molecule has 8 nitrogen and oxygen atoms in total. The average molecular weight is 528 g/mol. The van der Waals surface area contributed by atoms with Crippen molar-refractivity contribution in [3.05, 3.63) is 95.2 Å². The fourth-order valence-corrected chi connectivity index (χ4v) is 3.36. The molecule has 1 N–H and O–H groups in total. The molecular formula is C22H15F7N6O2. The lowest BCUT2D eigenvalue weighted by molar-refractivity contribution is -0.207. The van der Waals surface area contributed by atoms with Gasteiger partial charge in [-0.3, -0.25) is 4.98 Å². The highest BCUT2D eigenvalue weighted by Gasteiger charge is 2.58. The van der Waals surface area contributed by atoms with Gasteiger partial charge >= 0.3 is 12.1 Å². The molecule has 0 aliphatic rings. The number of aromatic nitrogens is 6. The Balaban J connectivity index is 1.58. The number of ether oxygens (including phenoxy) is 1. The van der Waals surface area contributed by atoms with Crippen molar-refractivity contribution in [3.8, 4) is 5.88 Å². The number of tetrazole rings is 1. The van der Waals surface area contributed by atoms with E-state index in [-0.39, 0.29) is 18.1 Å². The van der Waals surface area contributed by atoms with Crippen molar-refractivity contribution in [3.63, 3.8) is 0 Å². The number of pyridine rings is 2. The molecule has 0 spiro atoms. The third kappa shape index (κ3) is 5.35. The first-order valence-electron chi connectivity index (χ1n) is 10.3. The molecule has 0 aliphatic carbocycles. The monoisotopic (exact) mass is 528 g/mol. The van der Waals surface area contributed by atoms with Crippen LogP contribution in [0.25, 0.3) is 0 Å². The molecule has 0 radical (unpaired) electrons. The third-order valence-electron chi connectivity index (χ3n) is 5.28. The topological polar surface area (TPSA) is 98.8 Å². The van der Waals surface area contributed by atoms with Crippen LogP contribution in [-0.4, -0.2) is 35.3 Å². The fourth-order valence-electron chi connectivity index (χ4n) is 3.36. The zero-order valence-corrected chi connectivity index (χ0v) is 18.4. The summed E-state index contributed by atoms with van der Waals surface area (Å²) < 4.78 is 103. The summed E-state index contributed by atoms with van der Waals surface area (Å²) >= 11 is 0. The number of benzene rings is 1. The maximum absolute atomic E-state index is 15.7. The molecule has 0 aliphatic heterocycles. The molecule has 15 heteroatoms. The largest absolute Gasteiger partial charge is 0.473 e. The second kappa shape index (κ2) is 9.72. The van der Waals surface area contributed by atoms with Gasteiger partial charge in [0, 0.05) is 35.7 Å². The van der Waals surface area contributed by atoms with Gasteiger partial charge in [-0.15, -0.1) is 5.10 Å². The lowest BCUT2D eigenvalue weighted by Gasteiger charge is -2.35. The first kappa shape index (κ1) is 25.9. The van der Waals surface area contributed by atoms with Gasteiger partial charge in [0.2, 0.25) is 5.88 Å². The van der Waals surface area contributed by atoms with Crippen LogP contribution in [0.3, 0.4) is 0 Å². The van der Waals surface area contributed by atoms with Gasteiger partial charge < -0.3 is 9.84 Å². The molecule has 0 bridgehead atoms. The van der Waals surface area contributed by atoms with Crippen LogP contribution in [0.5, 0.6) is 5.88 Å². The van der Waals surface area contributed by atoms with Gasteiger partial charge in [-0.1, -0.05) is 6.07 Å². The molecule has 1 unspecified atom stereocenters. The maximum Gasteiger partial charge on any atom is 0.417 e. The Hall–Kier alpha value is -4.14. The molecule has 0 saturated heterocycles. The average Bonchev–Trinajstić information content (AvgIpc) is 3.35. The number of hydrogen-bond acceptors (Lipinski definition) is 7. The third-order valence-corrected chi connectivity index (χ3v) is 5.28. The molecule has 3 aromatic heterocycles. The predicted octanol–water partition coefficient (Wildman–Crippen LogP) is 4.02. The summed E-state index contributed by atoms with van der Waals surface area (Å²) in [4.78, 5) is 7.20. The summed E-state index contributed by atoms with van der Waals surface area (Å²) in [5.41, 5.74) is -5.92. The van der Waals surface area contributed by atoms with Crippen molar-refractivity contribution in [2.24, 2.45) is 0 Å². The van der Waals surface area contributed by atoms with Crippen molar-refractivity contribution < 1.29 is 40.6 Å². The number of halogens is 7. The van der Waals surface area contributed by atoms with Gasteiger partial charge in [-0.2, -0.15) is 22.0 Å². The van der Waals surface area contributed by atoms with E-state index < -0.39 is 52.7 Å². The molecule has 1 atom stereocenters. The number of rotatable bonds is 8. The van der Waals surface area contributed by atoms with E-state index in [1.165, 1.54) is 6.07 Å². The number of nitrogens with zero attached hydrogens (tertiary/aromatic N) is 6. The van der Waals surface area contributed by atoms with E-state index in [1.807, 2.05) is 0 Å². The first-order chi connectivity index (χ1) is 17.4. The Bertz CT molecular complexity index is 1350. The Kier molecular flexibility index (Phi) is 6.82. The molecular weight excluding hydrogens is 513 g/mol. The minimum absolute atomic E-state index is 0.148. The van der Waals surface area contributed by atoms with Gasteiger partial charge in [0.15, 0.2) is 5.60 Å². The molecule has 4 rings (SSSR count). The highest BCUT2D eigenvalue weighted by molar-refractivity contribution is 5.31. The van der Waals surface area contributed by atoms with Crippen LogP contribution in [0.15, 0.2) is 61.2 Å². The van der Waals surface area contributed by atoms with Crippen LogP contribution in [0.4, 0.5) is 30.7 Å². The summed E-state index contributed by atoms with van der Waals surface area (Å²) in [6.45, 7) is -1.29. The highest BCUT2D eigenvalue weighted by atomic mass is 19.4. The SMILES string of the molecule is OC(Cn1cnnn1)(c1ccc(F)cc1F)C(F)(F)c1ccc(COc2ccc(C(F)(F)F)cn2)cn1. The zero-order chi connectivity index (χ0) is 26.8. The minimum Gasteiger partial charge on any atom is -0.473 e. The second-order valence-electron chi connectivity index (χ2n) is 7.79. The molecule has 0 amide bonds. The minimum atomic E-state index is -4.57. The van der Waals surface area contributed by atoms with Crippen molar-refractivity contribution >= 4 is 0 Å². The van der Waals surface area contributed by atoms with Crippen molar-refractivity contribution in [1.29, 1.82) is 0 Å². The van der Waals surface area contributed by atoms with Gasteiger partial charge in [-0.05, 0) is 34.7 Å². The summed E-state index contributed by atoms with van der Waals surface area (Å²) in [6.07, 6.45) is -2.09. The van der Waals surface area contributed by atoms with Crippen LogP contribution in [0, 0.1) is 11.6 Å². The second-order valence-corrected chi connectivity index (χ2v) is 7.79. The van der Waals surface area contributed by atoms with E-state index in [4.69, 9.17) is 4.74 Å². The smallest absolute Gasteiger partial charge is 0.417 e. The Labute approximate surface area is 203 Å². The molecule has 3 heterocycles. The van der Waals surface area contributed by atoms with E-state index in [0.29, 0.717) is 24.4 Å². The number of aliphatic hydroxyl groups is 1.